The molecule has 0 aliphatic carbocycles. The van der Waals surface area contributed by atoms with Crippen molar-refractivity contribution in [2.75, 3.05) is 5.32 Å². The van der Waals surface area contributed by atoms with Crippen LogP contribution in [0.3, 0.4) is 0 Å². The molecule has 0 fully saturated rings. The summed E-state index contributed by atoms with van der Waals surface area (Å²) in [6, 6.07) is 4.92. The molecule has 88 valence electrons. The number of nitrogens with two attached hydrogens (primary N) is 1. The van der Waals surface area contributed by atoms with Gasteiger partial charge in [-0.2, -0.15) is 0 Å². The fraction of sp³-hybridized carbons (Fsp3) is 0.300. The first-order valence-corrected chi connectivity index (χ1v) is 5.53. The van der Waals surface area contributed by atoms with Crippen LogP contribution in [0.1, 0.15) is 13.3 Å². The average Bonchev–Trinajstić information content (AvgIpc) is 2.29. The highest BCUT2D eigenvalue weighted by atomic mass is 35.5. The summed E-state index contributed by atoms with van der Waals surface area (Å²) in [5, 5.41) is 15.6. The van der Waals surface area contributed by atoms with Gasteiger partial charge in [-0.1, -0.05) is 35.3 Å². The van der Waals surface area contributed by atoms with E-state index in [0.717, 1.165) is 5.69 Å². The molecule has 4 N–H and O–H groups in total. The first-order valence-electron chi connectivity index (χ1n) is 4.77. The molecule has 4 nitrogen and oxygen atoms in total. The Bertz CT molecular complexity index is 396. The second-order valence-electron chi connectivity index (χ2n) is 3.26. The van der Waals surface area contributed by atoms with Crippen LogP contribution in [0.25, 0.3) is 0 Å². The number of halogens is 2. The largest absolute Gasteiger partial charge is 0.409 e. The van der Waals surface area contributed by atoms with Crippen LogP contribution in [0.15, 0.2) is 23.4 Å². The Morgan fingerprint density at radius 2 is 2.19 bits per heavy atom. The van der Waals surface area contributed by atoms with Gasteiger partial charge >= 0.3 is 0 Å². The summed E-state index contributed by atoms with van der Waals surface area (Å²) in [6.45, 7) is 1.92. The van der Waals surface area contributed by atoms with Crippen LogP contribution < -0.4 is 11.1 Å². The van der Waals surface area contributed by atoms with Crippen molar-refractivity contribution < 1.29 is 5.21 Å². The topological polar surface area (TPSA) is 70.6 Å². The fourth-order valence-electron chi connectivity index (χ4n) is 1.24. The lowest BCUT2D eigenvalue weighted by molar-refractivity contribution is 0.316. The van der Waals surface area contributed by atoms with Crippen molar-refractivity contribution in [3.8, 4) is 0 Å². The zero-order valence-corrected chi connectivity index (χ0v) is 10.3. The van der Waals surface area contributed by atoms with Gasteiger partial charge in [-0.15, -0.1) is 0 Å². The number of anilines is 1. The monoisotopic (exact) mass is 261 g/mol. The molecule has 0 saturated carbocycles. The molecular formula is C10H13Cl2N3O. The highest BCUT2D eigenvalue weighted by Crippen LogP contribution is 2.25. The summed E-state index contributed by atoms with van der Waals surface area (Å²) in [5.41, 5.74) is 6.29. The molecule has 6 heteroatoms. The molecule has 0 aliphatic rings. The fourth-order valence-corrected chi connectivity index (χ4v) is 1.54. The maximum atomic E-state index is 8.59. The third-order valence-electron chi connectivity index (χ3n) is 2.14. The number of nitrogens with one attached hydrogen (secondary N) is 1. The van der Waals surface area contributed by atoms with E-state index in [2.05, 4.69) is 10.5 Å². The van der Waals surface area contributed by atoms with E-state index >= 15 is 0 Å². The molecule has 0 spiro atoms. The summed E-state index contributed by atoms with van der Waals surface area (Å²) in [4.78, 5) is 0. The molecule has 0 amide bonds. The highest BCUT2D eigenvalue weighted by molar-refractivity contribution is 6.42. The SMILES string of the molecule is CCC(Nc1ccc(Cl)c(Cl)c1)C(N)=NO. The standard InChI is InChI=1S/C10H13Cl2N3O/c1-2-9(10(13)15-16)14-6-3-4-7(11)8(12)5-6/h3-5,9,14,16H,2H2,1H3,(H2,13,15). The zero-order valence-electron chi connectivity index (χ0n) is 8.74. The van der Waals surface area contributed by atoms with Crippen molar-refractivity contribution in [2.45, 2.75) is 19.4 Å². The summed E-state index contributed by atoms with van der Waals surface area (Å²) in [5.74, 6) is 0.133. The van der Waals surface area contributed by atoms with E-state index in [4.69, 9.17) is 34.1 Å². The van der Waals surface area contributed by atoms with Crippen LogP contribution in [-0.2, 0) is 0 Å². The van der Waals surface area contributed by atoms with Crippen LogP contribution in [0.2, 0.25) is 10.0 Å². The van der Waals surface area contributed by atoms with Gasteiger partial charge in [0.15, 0.2) is 5.84 Å². The number of hydrogen-bond acceptors (Lipinski definition) is 3. The van der Waals surface area contributed by atoms with Crippen molar-refractivity contribution in [3.63, 3.8) is 0 Å². The lowest BCUT2D eigenvalue weighted by Crippen LogP contribution is -2.35. The Labute approximate surface area is 104 Å². The number of rotatable bonds is 4. The summed E-state index contributed by atoms with van der Waals surface area (Å²) < 4.78 is 0. The van der Waals surface area contributed by atoms with Crippen molar-refractivity contribution in [3.05, 3.63) is 28.2 Å². The molecule has 16 heavy (non-hydrogen) atoms. The Morgan fingerprint density at radius 1 is 1.50 bits per heavy atom. The van der Waals surface area contributed by atoms with Gasteiger partial charge in [-0.05, 0) is 24.6 Å². The van der Waals surface area contributed by atoms with Gasteiger partial charge < -0.3 is 16.3 Å². The summed E-state index contributed by atoms with van der Waals surface area (Å²) in [6.07, 6.45) is 0.691. The van der Waals surface area contributed by atoms with Crippen molar-refractivity contribution >= 4 is 34.7 Å². The van der Waals surface area contributed by atoms with E-state index in [0.29, 0.717) is 16.5 Å². The first-order chi connectivity index (χ1) is 7.58. The molecule has 1 unspecified atom stereocenters. The lowest BCUT2D eigenvalue weighted by Gasteiger charge is -2.16. The van der Waals surface area contributed by atoms with Gasteiger partial charge in [0.2, 0.25) is 0 Å². The molecule has 0 aromatic heterocycles. The van der Waals surface area contributed by atoms with Crippen LogP contribution in [0.4, 0.5) is 5.69 Å². The molecule has 0 saturated heterocycles. The third-order valence-corrected chi connectivity index (χ3v) is 2.88. The smallest absolute Gasteiger partial charge is 0.161 e. The zero-order chi connectivity index (χ0) is 12.1. The van der Waals surface area contributed by atoms with E-state index in [1.165, 1.54) is 0 Å². The van der Waals surface area contributed by atoms with E-state index in [1.807, 2.05) is 6.92 Å². The van der Waals surface area contributed by atoms with E-state index < -0.39 is 0 Å². The maximum Gasteiger partial charge on any atom is 0.161 e. The van der Waals surface area contributed by atoms with Crippen LogP contribution in [0, 0.1) is 0 Å². The Morgan fingerprint density at radius 3 is 2.69 bits per heavy atom. The highest BCUT2D eigenvalue weighted by Gasteiger charge is 2.11. The summed E-state index contributed by atoms with van der Waals surface area (Å²) in [7, 11) is 0. The van der Waals surface area contributed by atoms with Gasteiger partial charge in [0, 0.05) is 5.69 Å². The van der Waals surface area contributed by atoms with E-state index in [-0.39, 0.29) is 11.9 Å². The molecule has 0 bridgehead atoms. The Kier molecular flexibility index (Phi) is 4.71. The minimum absolute atomic E-state index is 0.133. The van der Waals surface area contributed by atoms with Gasteiger partial charge in [0.25, 0.3) is 0 Å². The second-order valence-corrected chi connectivity index (χ2v) is 4.07. The number of hydrogen-bond donors (Lipinski definition) is 3. The van der Waals surface area contributed by atoms with Crippen molar-refractivity contribution in [2.24, 2.45) is 10.9 Å². The molecule has 0 aliphatic heterocycles. The number of amidine groups is 1. The molecule has 1 aromatic rings. The van der Waals surface area contributed by atoms with Crippen LogP contribution in [-0.4, -0.2) is 17.1 Å². The third kappa shape index (κ3) is 3.18. The Balaban J connectivity index is 2.82. The maximum absolute atomic E-state index is 8.59. The van der Waals surface area contributed by atoms with Gasteiger partial charge in [-0.25, -0.2) is 0 Å². The predicted molar refractivity (Wildman–Crippen MR) is 67.6 cm³/mol. The molecule has 1 aromatic carbocycles. The molecule has 0 heterocycles. The minimum atomic E-state index is -0.234. The average molecular weight is 262 g/mol. The van der Waals surface area contributed by atoms with Gasteiger partial charge in [-0.3, -0.25) is 0 Å². The van der Waals surface area contributed by atoms with Gasteiger partial charge in [0.1, 0.15) is 0 Å². The van der Waals surface area contributed by atoms with Crippen LogP contribution >= 0.6 is 23.2 Å². The van der Waals surface area contributed by atoms with Gasteiger partial charge in [0.05, 0.1) is 16.1 Å². The van der Waals surface area contributed by atoms with E-state index in [1.54, 1.807) is 18.2 Å². The lowest BCUT2D eigenvalue weighted by atomic mass is 10.2. The molecule has 1 atom stereocenters. The van der Waals surface area contributed by atoms with E-state index in [9.17, 15) is 0 Å². The number of nitrogens with zero attached hydrogens (tertiary/aromatic N) is 1. The molecule has 1 rings (SSSR count). The number of benzene rings is 1. The molecular weight excluding hydrogens is 249 g/mol. The minimum Gasteiger partial charge on any atom is -0.409 e. The van der Waals surface area contributed by atoms with Crippen molar-refractivity contribution in [1.29, 1.82) is 0 Å². The number of oxime groups is 1. The van der Waals surface area contributed by atoms with Crippen molar-refractivity contribution in [1.82, 2.24) is 0 Å². The predicted octanol–water partition coefficient (Wildman–Crippen LogP) is 2.93. The normalized spacial score (nSPS) is 13.6. The van der Waals surface area contributed by atoms with Crippen LogP contribution in [0.5, 0.6) is 0 Å². The second kappa shape index (κ2) is 5.82. The summed E-state index contributed by atoms with van der Waals surface area (Å²) >= 11 is 11.7. The first kappa shape index (κ1) is 12.9. The quantitative estimate of drug-likeness (QED) is 0.338. The molecule has 0 radical (unpaired) electrons. The Hall–Kier alpha value is -1.13.